The number of guanidine groups is 1. The minimum Gasteiger partial charge on any atom is -0.367 e. The Bertz CT molecular complexity index is 859. The van der Waals surface area contributed by atoms with Gasteiger partial charge in [-0.15, -0.1) is 24.0 Å². The van der Waals surface area contributed by atoms with Crippen molar-refractivity contribution in [1.29, 1.82) is 0 Å². The lowest BCUT2D eigenvalue weighted by Gasteiger charge is -2.12. The molecule has 11 heteroatoms. The van der Waals surface area contributed by atoms with Crippen molar-refractivity contribution in [3.63, 3.8) is 0 Å². The second-order valence-electron chi connectivity index (χ2n) is 6.80. The van der Waals surface area contributed by atoms with E-state index in [1.807, 2.05) is 13.0 Å². The SMILES string of the molecule is CN=C(NCCC(=O)Nc1ccc(C)cn1)NCc1ccc(COCC(F)(F)F)cc1.I. The molecule has 7 nitrogen and oxygen atoms in total. The van der Waals surface area contributed by atoms with Crippen LogP contribution in [0, 0.1) is 6.92 Å². The van der Waals surface area contributed by atoms with E-state index in [1.54, 1.807) is 43.6 Å². The first-order valence-electron chi connectivity index (χ1n) is 9.64. The molecule has 0 aliphatic rings. The topological polar surface area (TPSA) is 87.6 Å². The van der Waals surface area contributed by atoms with E-state index in [4.69, 9.17) is 0 Å². The molecule has 176 valence electrons. The predicted octanol–water partition coefficient (Wildman–Crippen LogP) is 3.78. The van der Waals surface area contributed by atoms with E-state index >= 15 is 0 Å². The second kappa shape index (κ2) is 13.9. The van der Waals surface area contributed by atoms with Gasteiger partial charge in [-0.25, -0.2) is 4.98 Å². The van der Waals surface area contributed by atoms with Gasteiger partial charge in [0, 0.05) is 32.8 Å². The molecule has 0 spiro atoms. The molecule has 0 unspecified atom stereocenters. The van der Waals surface area contributed by atoms with Crippen LogP contribution in [0.15, 0.2) is 47.6 Å². The minimum atomic E-state index is -4.33. The van der Waals surface area contributed by atoms with Crippen molar-refractivity contribution in [2.45, 2.75) is 32.7 Å². The maximum absolute atomic E-state index is 12.1. The van der Waals surface area contributed by atoms with Gasteiger partial charge in [-0.3, -0.25) is 9.79 Å². The van der Waals surface area contributed by atoms with Gasteiger partial charge in [0.2, 0.25) is 5.91 Å². The summed E-state index contributed by atoms with van der Waals surface area (Å²) in [6.07, 6.45) is -2.41. The number of carbonyl (C=O) groups is 1. The van der Waals surface area contributed by atoms with Crippen LogP contribution in [0.5, 0.6) is 0 Å². The van der Waals surface area contributed by atoms with Gasteiger partial charge >= 0.3 is 6.18 Å². The number of rotatable bonds is 9. The van der Waals surface area contributed by atoms with E-state index in [0.29, 0.717) is 30.4 Å². The molecular weight excluding hydrogens is 538 g/mol. The highest BCUT2D eigenvalue weighted by Crippen LogP contribution is 2.15. The fourth-order valence-corrected chi connectivity index (χ4v) is 2.49. The van der Waals surface area contributed by atoms with Crippen molar-refractivity contribution < 1.29 is 22.7 Å². The molecule has 0 fully saturated rings. The van der Waals surface area contributed by atoms with Gasteiger partial charge in [0.25, 0.3) is 0 Å². The summed E-state index contributed by atoms with van der Waals surface area (Å²) in [6, 6.07) is 10.6. The number of aliphatic imine (C=N–C) groups is 1. The van der Waals surface area contributed by atoms with Gasteiger partial charge in [-0.1, -0.05) is 30.3 Å². The first kappa shape index (κ1) is 27.6. The van der Waals surface area contributed by atoms with Crippen LogP contribution in [0.2, 0.25) is 0 Å². The van der Waals surface area contributed by atoms with Crippen LogP contribution in [0.1, 0.15) is 23.1 Å². The van der Waals surface area contributed by atoms with Gasteiger partial charge in [-0.05, 0) is 29.7 Å². The number of benzene rings is 1. The van der Waals surface area contributed by atoms with E-state index in [9.17, 15) is 18.0 Å². The van der Waals surface area contributed by atoms with E-state index in [1.165, 1.54) is 0 Å². The maximum Gasteiger partial charge on any atom is 0.411 e. The highest BCUT2D eigenvalue weighted by molar-refractivity contribution is 14.0. The molecule has 0 radical (unpaired) electrons. The minimum absolute atomic E-state index is 0. The zero-order valence-electron chi connectivity index (χ0n) is 17.8. The Hall–Kier alpha value is -2.41. The zero-order valence-corrected chi connectivity index (χ0v) is 20.2. The van der Waals surface area contributed by atoms with E-state index in [2.05, 4.69) is 30.7 Å². The number of halogens is 4. The molecular formula is C21H27F3IN5O2. The van der Waals surface area contributed by atoms with Gasteiger partial charge in [0.15, 0.2) is 5.96 Å². The molecule has 0 atom stereocenters. The molecule has 1 amide bonds. The van der Waals surface area contributed by atoms with Crippen molar-refractivity contribution in [3.8, 4) is 0 Å². The molecule has 0 saturated carbocycles. The third kappa shape index (κ3) is 11.3. The van der Waals surface area contributed by atoms with Crippen molar-refractivity contribution in [2.75, 3.05) is 25.5 Å². The zero-order chi connectivity index (χ0) is 22.7. The summed E-state index contributed by atoms with van der Waals surface area (Å²) in [5.41, 5.74) is 2.59. The highest BCUT2D eigenvalue weighted by Gasteiger charge is 2.27. The molecule has 2 aromatic rings. The average molecular weight is 565 g/mol. The Morgan fingerprint density at radius 3 is 2.38 bits per heavy atom. The van der Waals surface area contributed by atoms with Crippen LogP contribution in [-0.2, 0) is 22.7 Å². The van der Waals surface area contributed by atoms with E-state index in [0.717, 1.165) is 11.1 Å². The average Bonchev–Trinajstić information content (AvgIpc) is 2.72. The van der Waals surface area contributed by atoms with Crippen molar-refractivity contribution in [2.24, 2.45) is 4.99 Å². The summed E-state index contributed by atoms with van der Waals surface area (Å²) in [5, 5.41) is 8.89. The molecule has 32 heavy (non-hydrogen) atoms. The number of ether oxygens (including phenoxy) is 1. The van der Waals surface area contributed by atoms with Gasteiger partial charge < -0.3 is 20.7 Å². The fraction of sp³-hybridized carbons (Fsp3) is 0.381. The molecule has 1 aromatic heterocycles. The number of nitrogens with zero attached hydrogens (tertiary/aromatic N) is 2. The summed E-state index contributed by atoms with van der Waals surface area (Å²) < 4.78 is 40.9. The monoisotopic (exact) mass is 565 g/mol. The van der Waals surface area contributed by atoms with Crippen molar-refractivity contribution in [1.82, 2.24) is 15.6 Å². The third-order valence-electron chi connectivity index (χ3n) is 4.06. The second-order valence-corrected chi connectivity index (χ2v) is 6.80. The van der Waals surface area contributed by atoms with Crippen molar-refractivity contribution in [3.05, 3.63) is 59.3 Å². The van der Waals surface area contributed by atoms with Crippen LogP contribution in [0.25, 0.3) is 0 Å². The number of aromatic nitrogens is 1. The number of hydrogen-bond donors (Lipinski definition) is 3. The summed E-state index contributed by atoms with van der Waals surface area (Å²) in [7, 11) is 1.62. The normalized spacial score (nSPS) is 11.5. The van der Waals surface area contributed by atoms with Crippen LogP contribution < -0.4 is 16.0 Å². The quantitative estimate of drug-likeness (QED) is 0.245. The van der Waals surface area contributed by atoms with Crippen LogP contribution in [-0.4, -0.2) is 43.2 Å². The molecule has 0 saturated heterocycles. The molecule has 3 N–H and O–H groups in total. The Balaban J connectivity index is 0.00000512. The molecule has 2 rings (SSSR count). The molecule has 1 heterocycles. The summed E-state index contributed by atoms with van der Waals surface area (Å²) >= 11 is 0. The summed E-state index contributed by atoms with van der Waals surface area (Å²) in [5.74, 6) is 0.867. The van der Waals surface area contributed by atoms with E-state index < -0.39 is 12.8 Å². The fourth-order valence-electron chi connectivity index (χ4n) is 2.49. The Morgan fingerprint density at radius 2 is 1.78 bits per heavy atom. The number of anilines is 1. The molecule has 0 bridgehead atoms. The highest BCUT2D eigenvalue weighted by atomic mass is 127. The first-order valence-corrected chi connectivity index (χ1v) is 9.64. The van der Waals surface area contributed by atoms with E-state index in [-0.39, 0.29) is 42.9 Å². The Morgan fingerprint density at radius 1 is 1.09 bits per heavy atom. The number of hydrogen-bond acceptors (Lipinski definition) is 4. The third-order valence-corrected chi connectivity index (χ3v) is 4.06. The number of alkyl halides is 3. The largest absolute Gasteiger partial charge is 0.411 e. The molecule has 0 aliphatic heterocycles. The van der Waals surface area contributed by atoms with Crippen molar-refractivity contribution >= 4 is 41.7 Å². The molecule has 0 aliphatic carbocycles. The standard InChI is InChI=1S/C21H26F3N5O2.HI/c1-15-3-8-18(27-11-15)29-19(30)9-10-26-20(25-2)28-12-16-4-6-17(7-5-16)13-31-14-21(22,23)24;/h3-8,11H,9-10,12-14H2,1-2H3,(H2,25,26,28)(H,27,29,30);1H. The maximum atomic E-state index is 12.1. The lowest BCUT2D eigenvalue weighted by Crippen LogP contribution is -2.38. The number of carbonyl (C=O) groups excluding carboxylic acids is 1. The predicted molar refractivity (Wildman–Crippen MR) is 128 cm³/mol. The van der Waals surface area contributed by atoms with Gasteiger partial charge in [-0.2, -0.15) is 13.2 Å². The lowest BCUT2D eigenvalue weighted by molar-refractivity contribution is -0.176. The number of pyridine rings is 1. The number of nitrogens with one attached hydrogen (secondary N) is 3. The first-order chi connectivity index (χ1) is 14.7. The van der Waals surface area contributed by atoms with Crippen LogP contribution in [0.3, 0.4) is 0 Å². The summed E-state index contributed by atoms with van der Waals surface area (Å²) in [6.45, 7) is 1.40. The Labute approximate surface area is 202 Å². The van der Waals surface area contributed by atoms with Gasteiger partial charge in [0.05, 0.1) is 6.61 Å². The number of amides is 1. The summed E-state index contributed by atoms with van der Waals surface area (Å²) in [4.78, 5) is 20.2. The lowest BCUT2D eigenvalue weighted by atomic mass is 10.1. The smallest absolute Gasteiger partial charge is 0.367 e. The molecule has 1 aromatic carbocycles. The van der Waals surface area contributed by atoms with Crippen LogP contribution >= 0.6 is 24.0 Å². The Kier molecular flexibility index (Phi) is 12.0. The number of aryl methyl sites for hydroxylation is 1. The van der Waals surface area contributed by atoms with Gasteiger partial charge in [0.1, 0.15) is 12.4 Å². The van der Waals surface area contributed by atoms with Crippen LogP contribution in [0.4, 0.5) is 19.0 Å².